The van der Waals surface area contributed by atoms with E-state index in [-0.39, 0.29) is 0 Å². The molecule has 0 saturated carbocycles. The molecular formula is C6H9N2+. The third-order valence-electron chi connectivity index (χ3n) is 1.15. The molecule has 1 heterocycles. The summed E-state index contributed by atoms with van der Waals surface area (Å²) < 4.78 is 1.97. The Kier molecular flexibility index (Phi) is 1.24. The molecule has 0 N–H and O–H groups in total. The third kappa shape index (κ3) is 0.832. The van der Waals surface area contributed by atoms with E-state index in [2.05, 4.69) is 11.6 Å². The molecule has 0 spiro atoms. The van der Waals surface area contributed by atoms with Crippen molar-refractivity contribution in [3.8, 4) is 0 Å². The second-order valence-electron chi connectivity index (χ2n) is 1.78. The zero-order valence-corrected chi connectivity index (χ0v) is 4.96. The van der Waals surface area contributed by atoms with Crippen LogP contribution in [0.15, 0.2) is 17.3 Å². The van der Waals surface area contributed by atoms with Crippen molar-refractivity contribution in [2.24, 2.45) is 4.99 Å². The number of aliphatic imine (C=N–C) groups is 1. The van der Waals surface area contributed by atoms with Gasteiger partial charge in [0.2, 0.25) is 5.70 Å². The smallest absolute Gasteiger partial charge is 0.215 e. The van der Waals surface area contributed by atoms with E-state index in [4.69, 9.17) is 0 Å². The van der Waals surface area contributed by atoms with Crippen LogP contribution < -0.4 is 0 Å². The summed E-state index contributed by atoms with van der Waals surface area (Å²) in [6.07, 6.45) is 3.77. The first-order chi connectivity index (χ1) is 3.80. The first-order valence-corrected chi connectivity index (χ1v) is 2.55. The molecule has 0 amide bonds. The minimum absolute atomic E-state index is 0.787. The van der Waals surface area contributed by atoms with Crippen LogP contribution in [0.1, 0.15) is 0 Å². The minimum Gasteiger partial charge on any atom is -0.276 e. The number of hydrogen-bond acceptors (Lipinski definition) is 1. The zero-order valence-electron chi connectivity index (χ0n) is 4.96. The van der Waals surface area contributed by atoms with Crippen LogP contribution in [0.2, 0.25) is 0 Å². The Morgan fingerprint density at radius 3 is 3.00 bits per heavy atom. The highest BCUT2D eigenvalue weighted by atomic mass is 15.0. The highest BCUT2D eigenvalue weighted by Gasteiger charge is 2.02. The van der Waals surface area contributed by atoms with E-state index < -0.39 is 0 Å². The van der Waals surface area contributed by atoms with Crippen molar-refractivity contribution in [3.05, 3.63) is 12.3 Å². The number of allylic oxidation sites excluding steroid dienone is 1. The van der Waals surface area contributed by atoms with Crippen LogP contribution in [0.4, 0.5) is 0 Å². The molecule has 0 saturated heterocycles. The third-order valence-corrected chi connectivity index (χ3v) is 1.15. The van der Waals surface area contributed by atoms with Gasteiger partial charge in [0.05, 0.1) is 6.21 Å². The van der Waals surface area contributed by atoms with Gasteiger partial charge in [-0.3, -0.25) is 4.99 Å². The fraction of sp³-hybridized carbons (Fsp3) is 0.333. The molecule has 8 heavy (non-hydrogen) atoms. The fourth-order valence-corrected chi connectivity index (χ4v) is 0.536. The average Bonchev–Trinajstić information content (AvgIpc) is 1.77. The number of nitrogens with zero attached hydrogens (tertiary/aromatic N) is 2. The predicted octanol–water partition coefficient (Wildman–Crippen LogP) is 0.298. The lowest BCUT2D eigenvalue weighted by Crippen LogP contribution is -2.12. The van der Waals surface area contributed by atoms with Crippen LogP contribution in [-0.2, 0) is 0 Å². The highest BCUT2D eigenvalue weighted by Crippen LogP contribution is 1.88. The van der Waals surface area contributed by atoms with Gasteiger partial charge in [-0.05, 0) is 6.58 Å². The summed E-state index contributed by atoms with van der Waals surface area (Å²) >= 11 is 0. The van der Waals surface area contributed by atoms with Crippen molar-refractivity contribution in [2.75, 3.05) is 13.6 Å². The largest absolute Gasteiger partial charge is 0.276 e. The van der Waals surface area contributed by atoms with E-state index in [9.17, 15) is 0 Å². The first-order valence-electron chi connectivity index (χ1n) is 2.55. The maximum Gasteiger partial charge on any atom is 0.215 e. The molecule has 0 radical (unpaired) electrons. The Morgan fingerprint density at radius 1 is 1.88 bits per heavy atom. The first kappa shape index (κ1) is 5.22. The van der Waals surface area contributed by atoms with Crippen LogP contribution in [0.3, 0.4) is 0 Å². The molecule has 0 aromatic heterocycles. The maximum atomic E-state index is 3.99. The van der Waals surface area contributed by atoms with E-state index in [1.54, 1.807) is 6.21 Å². The molecule has 2 nitrogen and oxygen atoms in total. The lowest BCUT2D eigenvalue weighted by atomic mass is 10.4. The van der Waals surface area contributed by atoms with Gasteiger partial charge in [-0.2, -0.15) is 0 Å². The van der Waals surface area contributed by atoms with E-state index in [0.29, 0.717) is 0 Å². The molecule has 42 valence electrons. The molecule has 0 aromatic rings. The maximum absolute atomic E-state index is 3.99. The standard InChI is InChI=1S/C6H9N2/c1-6-5-7-3-4-8(6)2/h4-5H,1,3H2,2H3/q+1. The van der Waals surface area contributed by atoms with Crippen molar-refractivity contribution in [1.29, 1.82) is 0 Å². The zero-order chi connectivity index (χ0) is 5.98. The Hall–Kier alpha value is -0.920. The molecule has 1 aliphatic rings. The fourth-order valence-electron chi connectivity index (χ4n) is 0.536. The molecule has 0 atom stereocenters. The molecule has 1 rings (SSSR count). The molecular weight excluding hydrogens is 100 g/mol. The molecule has 0 bridgehead atoms. The summed E-state index contributed by atoms with van der Waals surface area (Å²) in [5.41, 5.74) is 0.955. The van der Waals surface area contributed by atoms with Gasteiger partial charge in [0, 0.05) is 0 Å². The van der Waals surface area contributed by atoms with Crippen molar-refractivity contribution in [3.63, 3.8) is 0 Å². The van der Waals surface area contributed by atoms with Gasteiger partial charge in [0.1, 0.15) is 13.6 Å². The van der Waals surface area contributed by atoms with E-state index in [1.165, 1.54) is 0 Å². The van der Waals surface area contributed by atoms with Gasteiger partial charge in [-0.1, -0.05) is 0 Å². The van der Waals surface area contributed by atoms with Crippen LogP contribution in [0, 0.1) is 0 Å². The summed E-state index contributed by atoms with van der Waals surface area (Å²) in [5, 5.41) is 0. The lowest BCUT2D eigenvalue weighted by molar-refractivity contribution is -0.429. The highest BCUT2D eigenvalue weighted by molar-refractivity contribution is 5.79. The molecule has 0 fully saturated rings. The Balaban J connectivity index is 2.78. The van der Waals surface area contributed by atoms with Crippen LogP contribution in [-0.4, -0.2) is 30.6 Å². The number of hydrogen-bond donors (Lipinski definition) is 0. The molecule has 2 heteroatoms. The second-order valence-corrected chi connectivity index (χ2v) is 1.78. The van der Waals surface area contributed by atoms with E-state index in [0.717, 1.165) is 12.2 Å². The van der Waals surface area contributed by atoms with Gasteiger partial charge in [-0.25, -0.2) is 4.58 Å². The lowest BCUT2D eigenvalue weighted by Gasteiger charge is -1.96. The van der Waals surface area contributed by atoms with Crippen molar-refractivity contribution in [1.82, 2.24) is 0 Å². The molecule has 0 aromatic carbocycles. The minimum atomic E-state index is 0.787. The predicted molar refractivity (Wildman–Crippen MR) is 34.7 cm³/mol. The normalized spacial score (nSPS) is 18.6. The van der Waals surface area contributed by atoms with Gasteiger partial charge in [0.25, 0.3) is 0 Å². The van der Waals surface area contributed by atoms with E-state index in [1.807, 2.05) is 17.8 Å². The van der Waals surface area contributed by atoms with Gasteiger partial charge < -0.3 is 0 Å². The summed E-state index contributed by atoms with van der Waals surface area (Å²) in [5.74, 6) is 0. The van der Waals surface area contributed by atoms with Crippen molar-refractivity contribution >= 4 is 12.4 Å². The SMILES string of the molecule is C=C1C=NCC=[N+]1C. The average molecular weight is 109 g/mol. The van der Waals surface area contributed by atoms with Crippen LogP contribution >= 0.6 is 0 Å². The van der Waals surface area contributed by atoms with Crippen LogP contribution in [0.25, 0.3) is 0 Å². The second kappa shape index (κ2) is 1.90. The van der Waals surface area contributed by atoms with Crippen molar-refractivity contribution < 1.29 is 4.58 Å². The summed E-state index contributed by atoms with van der Waals surface area (Å²) in [7, 11) is 1.97. The Bertz CT molecular complexity index is 165. The Labute approximate surface area is 48.9 Å². The summed E-state index contributed by atoms with van der Waals surface area (Å²) in [6, 6.07) is 0. The summed E-state index contributed by atoms with van der Waals surface area (Å²) in [6.45, 7) is 4.53. The molecule has 0 aliphatic carbocycles. The quantitative estimate of drug-likeness (QED) is 0.397. The Morgan fingerprint density at radius 2 is 2.62 bits per heavy atom. The van der Waals surface area contributed by atoms with Crippen molar-refractivity contribution in [2.45, 2.75) is 0 Å². The molecule has 0 unspecified atom stereocenters. The number of rotatable bonds is 0. The summed E-state index contributed by atoms with van der Waals surface area (Å²) in [4.78, 5) is 3.99. The monoisotopic (exact) mass is 109 g/mol. The molecule has 1 aliphatic heterocycles. The van der Waals surface area contributed by atoms with Gasteiger partial charge in [-0.15, -0.1) is 0 Å². The van der Waals surface area contributed by atoms with Gasteiger partial charge in [0.15, 0.2) is 6.21 Å². The topological polar surface area (TPSA) is 15.4 Å². The van der Waals surface area contributed by atoms with Gasteiger partial charge >= 0.3 is 0 Å². The van der Waals surface area contributed by atoms with E-state index >= 15 is 0 Å². The van der Waals surface area contributed by atoms with Crippen LogP contribution in [0.5, 0.6) is 0 Å².